The Balaban J connectivity index is 1.80. The number of fused-ring (bicyclic) bond motifs is 2. The molecular formula is C26H31N2O4+. The third-order valence-corrected chi connectivity index (χ3v) is 6.15. The van der Waals surface area contributed by atoms with Crippen molar-refractivity contribution in [1.29, 1.82) is 0 Å². The molecule has 1 aliphatic heterocycles. The highest BCUT2D eigenvalue weighted by molar-refractivity contribution is 5.99. The Bertz CT molecular complexity index is 1160. The van der Waals surface area contributed by atoms with Gasteiger partial charge in [0.15, 0.2) is 5.43 Å². The molecule has 0 unspecified atom stereocenters. The number of quaternary nitrogens is 1. The first-order chi connectivity index (χ1) is 15.4. The summed E-state index contributed by atoms with van der Waals surface area (Å²) in [4.78, 5) is 30.1. The van der Waals surface area contributed by atoms with E-state index in [0.29, 0.717) is 23.1 Å². The number of rotatable bonds is 8. The molecule has 0 radical (unpaired) electrons. The summed E-state index contributed by atoms with van der Waals surface area (Å²) in [6, 6.07) is 14.3. The molecule has 2 heterocycles. The molecule has 1 amide bonds. The fourth-order valence-electron chi connectivity index (χ4n) is 4.43. The van der Waals surface area contributed by atoms with E-state index < -0.39 is 6.04 Å². The Labute approximate surface area is 188 Å². The van der Waals surface area contributed by atoms with Gasteiger partial charge in [0.1, 0.15) is 11.3 Å². The zero-order valence-electron chi connectivity index (χ0n) is 19.2. The first kappa shape index (κ1) is 22.1. The van der Waals surface area contributed by atoms with Crippen LogP contribution in [0.4, 0.5) is 0 Å². The lowest BCUT2D eigenvalue weighted by Gasteiger charge is -2.27. The van der Waals surface area contributed by atoms with Gasteiger partial charge < -0.3 is 19.0 Å². The molecule has 3 aromatic rings. The van der Waals surface area contributed by atoms with Crippen molar-refractivity contribution in [2.45, 2.75) is 39.8 Å². The Morgan fingerprint density at radius 3 is 2.38 bits per heavy atom. The van der Waals surface area contributed by atoms with Gasteiger partial charge in [-0.25, -0.2) is 0 Å². The standard InChI is InChI=1S/C26H30N2O4/c1-5-27(6-2)15-16-28-23(18-11-13-19(14-12-18)31-17(3)4)22-24(29)20-9-7-8-10-21(20)32-25(22)26(28)30/h7-14,17,23H,5-6,15-16H2,1-4H3/p+1/t23-/m1/s1. The van der Waals surface area contributed by atoms with Crippen LogP contribution in [0, 0.1) is 0 Å². The van der Waals surface area contributed by atoms with Crippen molar-refractivity contribution in [3.05, 3.63) is 75.6 Å². The highest BCUT2D eigenvalue weighted by Crippen LogP contribution is 2.38. The Kier molecular flexibility index (Phi) is 6.33. The van der Waals surface area contributed by atoms with E-state index in [-0.39, 0.29) is 23.2 Å². The van der Waals surface area contributed by atoms with Gasteiger partial charge in [0.25, 0.3) is 5.91 Å². The lowest BCUT2D eigenvalue weighted by Crippen LogP contribution is -3.12. The molecule has 0 saturated heterocycles. The topological polar surface area (TPSA) is 64.2 Å². The summed E-state index contributed by atoms with van der Waals surface area (Å²) < 4.78 is 11.8. The Hall–Kier alpha value is -3.12. The number of ether oxygens (including phenoxy) is 1. The second-order valence-electron chi connectivity index (χ2n) is 8.51. The number of nitrogens with zero attached hydrogens (tertiary/aromatic N) is 1. The van der Waals surface area contributed by atoms with Crippen LogP contribution in [0.2, 0.25) is 0 Å². The van der Waals surface area contributed by atoms with Gasteiger partial charge in [0.2, 0.25) is 5.76 Å². The average Bonchev–Trinajstić information content (AvgIpc) is 3.07. The van der Waals surface area contributed by atoms with Crippen LogP contribution in [0.1, 0.15) is 55.4 Å². The lowest BCUT2D eigenvalue weighted by atomic mass is 9.98. The van der Waals surface area contributed by atoms with Gasteiger partial charge in [0.05, 0.1) is 49.3 Å². The third kappa shape index (κ3) is 4.02. The van der Waals surface area contributed by atoms with Crippen LogP contribution >= 0.6 is 0 Å². The molecular weight excluding hydrogens is 404 g/mol. The van der Waals surface area contributed by atoms with Crippen molar-refractivity contribution < 1.29 is 18.8 Å². The van der Waals surface area contributed by atoms with Crippen LogP contribution in [0.15, 0.2) is 57.7 Å². The van der Waals surface area contributed by atoms with Crippen LogP contribution in [0.25, 0.3) is 11.0 Å². The van der Waals surface area contributed by atoms with Crippen LogP contribution in [0.3, 0.4) is 0 Å². The molecule has 6 nitrogen and oxygen atoms in total. The highest BCUT2D eigenvalue weighted by atomic mass is 16.5. The number of para-hydroxylation sites is 1. The summed E-state index contributed by atoms with van der Waals surface area (Å²) in [5, 5.41) is 0.500. The summed E-state index contributed by atoms with van der Waals surface area (Å²) in [5.41, 5.74) is 1.62. The average molecular weight is 436 g/mol. The number of nitrogens with one attached hydrogen (secondary N) is 1. The smallest absolute Gasteiger partial charge is 0.291 e. The maximum absolute atomic E-state index is 13.5. The van der Waals surface area contributed by atoms with Gasteiger partial charge in [-0.1, -0.05) is 24.3 Å². The molecule has 32 heavy (non-hydrogen) atoms. The monoisotopic (exact) mass is 435 g/mol. The normalized spacial score (nSPS) is 15.8. The van der Waals surface area contributed by atoms with Crippen LogP contribution in [-0.4, -0.2) is 43.1 Å². The van der Waals surface area contributed by atoms with Crippen LogP contribution < -0.4 is 15.1 Å². The molecule has 1 atom stereocenters. The molecule has 6 heteroatoms. The fraction of sp³-hybridized carbons (Fsp3) is 0.385. The zero-order chi connectivity index (χ0) is 22.8. The molecule has 0 spiro atoms. The second kappa shape index (κ2) is 9.17. The van der Waals surface area contributed by atoms with Crippen LogP contribution in [0.5, 0.6) is 5.75 Å². The molecule has 0 aliphatic carbocycles. The molecule has 1 aromatic heterocycles. The zero-order valence-corrected chi connectivity index (χ0v) is 19.2. The van der Waals surface area contributed by atoms with Crippen molar-refractivity contribution in [2.75, 3.05) is 26.2 Å². The first-order valence-corrected chi connectivity index (χ1v) is 11.4. The second-order valence-corrected chi connectivity index (χ2v) is 8.51. The predicted octanol–water partition coefficient (Wildman–Crippen LogP) is 3.05. The maximum atomic E-state index is 13.5. The minimum Gasteiger partial charge on any atom is -0.491 e. The minimum absolute atomic E-state index is 0.0709. The van der Waals surface area contributed by atoms with Gasteiger partial charge in [-0.15, -0.1) is 0 Å². The number of carbonyl (C=O) groups is 1. The molecule has 1 aliphatic rings. The summed E-state index contributed by atoms with van der Waals surface area (Å²) in [6.07, 6.45) is 0.0709. The number of carbonyl (C=O) groups excluding carboxylic acids is 1. The van der Waals surface area contributed by atoms with E-state index in [2.05, 4.69) is 13.8 Å². The predicted molar refractivity (Wildman–Crippen MR) is 124 cm³/mol. The molecule has 4 rings (SSSR count). The van der Waals surface area contributed by atoms with E-state index in [1.165, 1.54) is 4.90 Å². The van der Waals surface area contributed by atoms with Gasteiger partial charge in [-0.2, -0.15) is 0 Å². The molecule has 0 fully saturated rings. The van der Waals surface area contributed by atoms with Crippen molar-refractivity contribution in [2.24, 2.45) is 0 Å². The van der Waals surface area contributed by atoms with Gasteiger partial charge >= 0.3 is 0 Å². The quantitative estimate of drug-likeness (QED) is 0.591. The Morgan fingerprint density at radius 2 is 1.72 bits per heavy atom. The van der Waals surface area contributed by atoms with E-state index >= 15 is 0 Å². The fourth-order valence-corrected chi connectivity index (χ4v) is 4.43. The van der Waals surface area contributed by atoms with Crippen molar-refractivity contribution >= 4 is 16.9 Å². The lowest BCUT2D eigenvalue weighted by molar-refractivity contribution is -0.895. The van der Waals surface area contributed by atoms with E-state index in [1.54, 1.807) is 17.0 Å². The number of hydrogen-bond acceptors (Lipinski definition) is 4. The first-order valence-electron chi connectivity index (χ1n) is 11.4. The van der Waals surface area contributed by atoms with E-state index in [0.717, 1.165) is 30.9 Å². The van der Waals surface area contributed by atoms with Crippen LogP contribution in [-0.2, 0) is 0 Å². The highest BCUT2D eigenvalue weighted by Gasteiger charge is 2.42. The summed E-state index contributed by atoms with van der Waals surface area (Å²) in [6.45, 7) is 11.6. The summed E-state index contributed by atoms with van der Waals surface area (Å²) in [5.74, 6) is 0.704. The van der Waals surface area contributed by atoms with Crippen molar-refractivity contribution in [3.8, 4) is 5.75 Å². The van der Waals surface area contributed by atoms with Gasteiger partial charge in [-0.05, 0) is 57.5 Å². The van der Waals surface area contributed by atoms with Gasteiger partial charge in [-0.3, -0.25) is 9.59 Å². The molecule has 0 saturated carbocycles. The number of amides is 1. The molecule has 1 N–H and O–H groups in total. The number of benzene rings is 2. The van der Waals surface area contributed by atoms with Crippen molar-refractivity contribution in [1.82, 2.24) is 4.90 Å². The van der Waals surface area contributed by atoms with E-state index in [9.17, 15) is 9.59 Å². The SMILES string of the molecule is CC[NH+](CC)CCN1C(=O)c2oc3ccccc3c(=O)c2[C@H]1c1ccc(OC(C)C)cc1. The van der Waals surface area contributed by atoms with Crippen molar-refractivity contribution in [3.63, 3.8) is 0 Å². The van der Waals surface area contributed by atoms with E-state index in [4.69, 9.17) is 9.15 Å². The number of hydrogen-bond donors (Lipinski definition) is 1. The summed E-state index contributed by atoms with van der Waals surface area (Å²) in [7, 11) is 0. The number of likely N-dealkylation sites (N-methyl/N-ethyl adjacent to an activating group) is 1. The third-order valence-electron chi connectivity index (χ3n) is 6.15. The minimum atomic E-state index is -0.471. The molecule has 0 bridgehead atoms. The largest absolute Gasteiger partial charge is 0.491 e. The van der Waals surface area contributed by atoms with Gasteiger partial charge in [0, 0.05) is 0 Å². The van der Waals surface area contributed by atoms with E-state index in [1.807, 2.05) is 50.2 Å². The maximum Gasteiger partial charge on any atom is 0.291 e. The summed E-state index contributed by atoms with van der Waals surface area (Å²) >= 11 is 0. The molecule has 168 valence electrons. The Morgan fingerprint density at radius 1 is 1.03 bits per heavy atom. The molecule has 2 aromatic carbocycles.